The van der Waals surface area contributed by atoms with Crippen molar-refractivity contribution >= 4 is 15.9 Å². The van der Waals surface area contributed by atoms with Crippen molar-refractivity contribution in [1.82, 2.24) is 9.97 Å². The highest BCUT2D eigenvalue weighted by Crippen LogP contribution is 2.31. The van der Waals surface area contributed by atoms with Crippen LogP contribution >= 0.6 is 15.9 Å². The molecule has 17 heavy (non-hydrogen) atoms. The van der Waals surface area contributed by atoms with E-state index in [0.717, 1.165) is 21.5 Å². The molecular weight excluding hydrogens is 282 g/mol. The van der Waals surface area contributed by atoms with Crippen LogP contribution in [-0.2, 0) is 6.54 Å². The van der Waals surface area contributed by atoms with E-state index in [1.165, 1.54) is 0 Å². The number of nitrogens with two attached hydrogens (primary N) is 1. The smallest absolute Gasteiger partial charge is 0.142 e. The largest absolute Gasteiger partial charge is 0.496 e. The van der Waals surface area contributed by atoms with E-state index in [9.17, 15) is 0 Å². The summed E-state index contributed by atoms with van der Waals surface area (Å²) >= 11 is 3.43. The molecular formula is C12H12BrN3O. The van der Waals surface area contributed by atoms with Crippen molar-refractivity contribution in [2.24, 2.45) is 5.73 Å². The Labute approximate surface area is 108 Å². The van der Waals surface area contributed by atoms with Crippen molar-refractivity contribution in [3.05, 3.63) is 40.8 Å². The Morgan fingerprint density at radius 2 is 2.18 bits per heavy atom. The molecule has 0 amide bonds. The normalized spacial score (nSPS) is 10.3. The van der Waals surface area contributed by atoms with Gasteiger partial charge in [0, 0.05) is 16.2 Å². The molecule has 0 aliphatic carbocycles. The third kappa shape index (κ3) is 2.62. The van der Waals surface area contributed by atoms with E-state index in [2.05, 4.69) is 25.9 Å². The minimum atomic E-state index is 0.324. The molecule has 1 aromatic heterocycles. The van der Waals surface area contributed by atoms with Crippen molar-refractivity contribution in [3.63, 3.8) is 0 Å². The monoisotopic (exact) mass is 293 g/mol. The highest BCUT2D eigenvalue weighted by molar-refractivity contribution is 9.10. The average molecular weight is 294 g/mol. The summed E-state index contributed by atoms with van der Waals surface area (Å²) in [5.41, 5.74) is 7.25. The van der Waals surface area contributed by atoms with Crippen LogP contribution in [-0.4, -0.2) is 17.1 Å². The van der Waals surface area contributed by atoms with Gasteiger partial charge >= 0.3 is 0 Å². The minimum absolute atomic E-state index is 0.324. The molecule has 0 unspecified atom stereocenters. The number of ether oxygens (including phenoxy) is 1. The Balaban J connectivity index is 2.54. The van der Waals surface area contributed by atoms with E-state index >= 15 is 0 Å². The van der Waals surface area contributed by atoms with Gasteiger partial charge in [-0.15, -0.1) is 0 Å². The van der Waals surface area contributed by atoms with Crippen molar-refractivity contribution in [2.45, 2.75) is 6.54 Å². The second kappa shape index (κ2) is 5.25. The molecule has 0 fully saturated rings. The van der Waals surface area contributed by atoms with Crippen molar-refractivity contribution < 1.29 is 4.74 Å². The first-order chi connectivity index (χ1) is 8.24. The summed E-state index contributed by atoms with van der Waals surface area (Å²) < 4.78 is 6.29. The van der Waals surface area contributed by atoms with Gasteiger partial charge in [-0.25, -0.2) is 9.97 Å². The predicted octanol–water partition coefficient (Wildman–Crippen LogP) is 2.37. The summed E-state index contributed by atoms with van der Waals surface area (Å²) in [6.07, 6.45) is 1.70. The molecule has 2 rings (SSSR count). The first-order valence-corrected chi connectivity index (χ1v) is 5.90. The van der Waals surface area contributed by atoms with E-state index in [1.807, 2.05) is 24.3 Å². The SMILES string of the molecule is COc1ccc(Br)cc1-c1ccnc(CN)n1. The highest BCUT2D eigenvalue weighted by atomic mass is 79.9. The van der Waals surface area contributed by atoms with Gasteiger partial charge in [-0.2, -0.15) is 0 Å². The predicted molar refractivity (Wildman–Crippen MR) is 69.6 cm³/mol. The van der Waals surface area contributed by atoms with Gasteiger partial charge in [-0.1, -0.05) is 15.9 Å². The van der Waals surface area contributed by atoms with Gasteiger partial charge in [0.25, 0.3) is 0 Å². The first-order valence-electron chi connectivity index (χ1n) is 5.10. The zero-order valence-electron chi connectivity index (χ0n) is 9.35. The number of hydrogen-bond acceptors (Lipinski definition) is 4. The van der Waals surface area contributed by atoms with E-state index < -0.39 is 0 Å². The summed E-state index contributed by atoms with van der Waals surface area (Å²) in [6.45, 7) is 0.324. The number of rotatable bonds is 3. The molecule has 0 atom stereocenters. The summed E-state index contributed by atoms with van der Waals surface area (Å²) in [5.74, 6) is 1.39. The van der Waals surface area contributed by atoms with Gasteiger partial charge < -0.3 is 10.5 Å². The molecule has 0 bridgehead atoms. The molecule has 0 aliphatic heterocycles. The van der Waals surface area contributed by atoms with Crippen molar-refractivity contribution in [2.75, 3.05) is 7.11 Å². The molecule has 4 nitrogen and oxygen atoms in total. The fraction of sp³-hybridized carbons (Fsp3) is 0.167. The number of methoxy groups -OCH3 is 1. The molecule has 2 aromatic rings. The van der Waals surface area contributed by atoms with Crippen LogP contribution in [0, 0.1) is 0 Å². The van der Waals surface area contributed by atoms with Crippen LogP contribution in [0.5, 0.6) is 5.75 Å². The van der Waals surface area contributed by atoms with Gasteiger partial charge in [-0.05, 0) is 24.3 Å². The summed E-state index contributed by atoms with van der Waals surface area (Å²) in [5, 5.41) is 0. The van der Waals surface area contributed by atoms with E-state index in [1.54, 1.807) is 13.3 Å². The molecule has 5 heteroatoms. The Morgan fingerprint density at radius 1 is 1.35 bits per heavy atom. The molecule has 88 valence electrons. The maximum absolute atomic E-state index is 5.53. The Morgan fingerprint density at radius 3 is 2.88 bits per heavy atom. The van der Waals surface area contributed by atoms with Crippen LogP contribution in [0.4, 0.5) is 0 Å². The Bertz CT molecular complexity index is 531. The van der Waals surface area contributed by atoms with Crippen LogP contribution in [0.25, 0.3) is 11.3 Å². The number of aromatic nitrogens is 2. The summed E-state index contributed by atoms with van der Waals surface area (Å²) in [7, 11) is 1.64. The fourth-order valence-corrected chi connectivity index (χ4v) is 1.89. The van der Waals surface area contributed by atoms with E-state index in [4.69, 9.17) is 10.5 Å². The third-order valence-electron chi connectivity index (χ3n) is 2.33. The quantitative estimate of drug-likeness (QED) is 0.944. The average Bonchev–Trinajstić information content (AvgIpc) is 2.39. The summed E-state index contributed by atoms with van der Waals surface area (Å²) in [4.78, 5) is 8.45. The van der Waals surface area contributed by atoms with Crippen LogP contribution in [0.15, 0.2) is 34.9 Å². The molecule has 0 saturated carbocycles. The van der Waals surface area contributed by atoms with Gasteiger partial charge in [0.1, 0.15) is 11.6 Å². The number of benzene rings is 1. The third-order valence-corrected chi connectivity index (χ3v) is 2.82. The Kier molecular flexibility index (Phi) is 3.71. The van der Waals surface area contributed by atoms with Crippen LogP contribution < -0.4 is 10.5 Å². The topological polar surface area (TPSA) is 61.0 Å². The molecule has 0 saturated heterocycles. The van der Waals surface area contributed by atoms with Crippen molar-refractivity contribution in [3.8, 4) is 17.0 Å². The molecule has 0 aliphatic rings. The van der Waals surface area contributed by atoms with Gasteiger partial charge in [0.15, 0.2) is 0 Å². The lowest BCUT2D eigenvalue weighted by Gasteiger charge is -2.09. The zero-order valence-corrected chi connectivity index (χ0v) is 10.9. The molecule has 0 spiro atoms. The second-order valence-corrected chi connectivity index (χ2v) is 4.32. The van der Waals surface area contributed by atoms with Gasteiger partial charge in [0.2, 0.25) is 0 Å². The maximum atomic E-state index is 5.53. The van der Waals surface area contributed by atoms with Crippen molar-refractivity contribution in [1.29, 1.82) is 0 Å². The van der Waals surface area contributed by atoms with Crippen LogP contribution in [0.2, 0.25) is 0 Å². The van der Waals surface area contributed by atoms with Gasteiger partial charge in [-0.3, -0.25) is 0 Å². The molecule has 1 heterocycles. The van der Waals surface area contributed by atoms with E-state index in [0.29, 0.717) is 12.4 Å². The Hall–Kier alpha value is -1.46. The van der Waals surface area contributed by atoms with Crippen LogP contribution in [0.3, 0.4) is 0 Å². The molecule has 2 N–H and O–H groups in total. The fourth-order valence-electron chi connectivity index (χ4n) is 1.53. The maximum Gasteiger partial charge on any atom is 0.142 e. The lowest BCUT2D eigenvalue weighted by atomic mass is 10.1. The standard InChI is InChI=1S/C12H12BrN3O/c1-17-11-3-2-8(13)6-9(11)10-4-5-15-12(7-14)16-10/h2-6H,7,14H2,1H3. The first kappa shape index (κ1) is 12.0. The summed E-state index contributed by atoms with van der Waals surface area (Å²) in [6, 6.07) is 7.61. The number of halogens is 1. The lowest BCUT2D eigenvalue weighted by molar-refractivity contribution is 0.416. The molecule has 0 radical (unpaired) electrons. The molecule has 1 aromatic carbocycles. The number of hydrogen-bond donors (Lipinski definition) is 1. The lowest BCUT2D eigenvalue weighted by Crippen LogP contribution is -2.03. The second-order valence-electron chi connectivity index (χ2n) is 3.41. The van der Waals surface area contributed by atoms with E-state index in [-0.39, 0.29) is 0 Å². The van der Waals surface area contributed by atoms with Crippen LogP contribution in [0.1, 0.15) is 5.82 Å². The number of nitrogens with zero attached hydrogens (tertiary/aromatic N) is 2. The van der Waals surface area contributed by atoms with Gasteiger partial charge in [0.05, 0.1) is 19.3 Å². The highest BCUT2D eigenvalue weighted by Gasteiger charge is 2.08. The zero-order chi connectivity index (χ0) is 12.3. The minimum Gasteiger partial charge on any atom is -0.496 e.